The van der Waals surface area contributed by atoms with Gasteiger partial charge in [-0.15, -0.1) is 0 Å². The van der Waals surface area contributed by atoms with E-state index in [1.54, 1.807) is 12.4 Å². The molecule has 0 amide bonds. The fourth-order valence-electron chi connectivity index (χ4n) is 7.59. The van der Waals surface area contributed by atoms with E-state index >= 15 is 0 Å². The predicted molar refractivity (Wildman–Crippen MR) is 223 cm³/mol. The molecule has 54 heavy (non-hydrogen) atoms. The number of pyridine rings is 4. The molecule has 0 atom stereocenters. The average Bonchev–Trinajstić information content (AvgIpc) is 3.26. The second-order valence-electron chi connectivity index (χ2n) is 13.4. The Labute approximate surface area is 313 Å². The highest BCUT2D eigenvalue weighted by molar-refractivity contribution is 6.18. The molecule has 6 aromatic carbocycles. The van der Waals surface area contributed by atoms with Crippen LogP contribution in [0.15, 0.2) is 194 Å². The lowest BCUT2D eigenvalue weighted by atomic mass is 9.90. The van der Waals surface area contributed by atoms with Crippen LogP contribution in [0, 0.1) is 0 Å². The van der Waals surface area contributed by atoms with Gasteiger partial charge in [-0.25, -0.2) is 9.97 Å². The van der Waals surface area contributed by atoms with Crippen molar-refractivity contribution in [2.75, 3.05) is 0 Å². The van der Waals surface area contributed by atoms with Gasteiger partial charge in [-0.05, 0) is 92.7 Å². The van der Waals surface area contributed by atoms with Crippen LogP contribution in [-0.2, 0) is 0 Å². The van der Waals surface area contributed by atoms with Gasteiger partial charge < -0.3 is 0 Å². The highest BCUT2D eigenvalue weighted by Gasteiger charge is 2.17. The Hall–Kier alpha value is -7.30. The minimum Gasteiger partial charge on any atom is -0.255 e. The van der Waals surface area contributed by atoms with Crippen LogP contribution in [0.4, 0.5) is 0 Å². The van der Waals surface area contributed by atoms with Crippen LogP contribution >= 0.6 is 0 Å². The lowest BCUT2D eigenvalue weighted by Gasteiger charge is -2.16. The monoisotopic (exact) mass is 688 g/mol. The Balaban J connectivity index is 1.07. The summed E-state index contributed by atoms with van der Waals surface area (Å²) in [5.74, 6) is 0. The molecule has 0 spiro atoms. The van der Waals surface area contributed by atoms with E-state index in [-0.39, 0.29) is 0 Å². The van der Waals surface area contributed by atoms with Crippen molar-refractivity contribution in [1.29, 1.82) is 0 Å². The SMILES string of the molecule is c1ccc(-c2cc(-c3ccc(-c4cccc(-c5cccc6c(-c7cccc8ccccc78)nc7ccccc7c56)c4)cc3)cc(-c3ccccn3)n2)nc1. The van der Waals surface area contributed by atoms with Crippen LogP contribution in [0.25, 0.3) is 99.9 Å². The molecule has 0 bridgehead atoms. The Kier molecular flexibility index (Phi) is 7.77. The third-order valence-electron chi connectivity index (χ3n) is 10.2. The first kappa shape index (κ1) is 31.4. The van der Waals surface area contributed by atoms with E-state index < -0.39 is 0 Å². The molecule has 0 fully saturated rings. The minimum atomic E-state index is 0.812. The van der Waals surface area contributed by atoms with Crippen molar-refractivity contribution in [3.8, 4) is 67.4 Å². The third-order valence-corrected chi connectivity index (χ3v) is 10.2. The molecule has 0 aliphatic rings. The highest BCUT2D eigenvalue weighted by atomic mass is 14.8. The molecule has 10 aromatic rings. The van der Waals surface area contributed by atoms with Crippen LogP contribution in [0.5, 0.6) is 0 Å². The Bertz CT molecular complexity index is 2910. The number of aromatic nitrogens is 4. The summed E-state index contributed by atoms with van der Waals surface area (Å²) in [7, 11) is 0. The molecule has 4 heterocycles. The van der Waals surface area contributed by atoms with E-state index in [1.165, 1.54) is 21.7 Å². The van der Waals surface area contributed by atoms with Crippen molar-refractivity contribution >= 4 is 32.4 Å². The Morgan fingerprint density at radius 3 is 1.63 bits per heavy atom. The van der Waals surface area contributed by atoms with Crippen molar-refractivity contribution in [3.05, 3.63) is 194 Å². The minimum absolute atomic E-state index is 0.812. The standard InChI is InChI=1S/C50H32N4/c1-2-16-39-35(12-1)13-10-19-41(39)50-43-20-11-18-40(49(43)42-17-3-4-21-44(42)54-50)37-15-9-14-36(30-37)33-24-26-34(27-25-33)38-31-47(45-22-5-7-28-51-45)53-48(32-38)46-23-6-8-29-52-46/h1-32H. The van der Waals surface area contributed by atoms with E-state index in [9.17, 15) is 0 Å². The summed E-state index contributed by atoms with van der Waals surface area (Å²) in [5, 5.41) is 5.91. The number of nitrogens with zero attached hydrogens (tertiary/aromatic N) is 4. The van der Waals surface area contributed by atoms with Crippen LogP contribution in [0.1, 0.15) is 0 Å². The molecule has 0 N–H and O–H groups in total. The lowest BCUT2D eigenvalue weighted by molar-refractivity contribution is 1.22. The summed E-state index contributed by atoms with van der Waals surface area (Å²) in [6, 6.07) is 63.9. The van der Waals surface area contributed by atoms with Crippen LogP contribution in [0.2, 0.25) is 0 Å². The maximum Gasteiger partial charge on any atom is 0.0900 e. The van der Waals surface area contributed by atoms with E-state index in [0.717, 1.165) is 78.1 Å². The number of hydrogen-bond acceptors (Lipinski definition) is 4. The maximum atomic E-state index is 5.29. The van der Waals surface area contributed by atoms with Crippen molar-refractivity contribution in [2.45, 2.75) is 0 Å². The second-order valence-corrected chi connectivity index (χ2v) is 13.4. The fourth-order valence-corrected chi connectivity index (χ4v) is 7.59. The van der Waals surface area contributed by atoms with Gasteiger partial charge in [0.1, 0.15) is 0 Å². The summed E-state index contributed by atoms with van der Waals surface area (Å²) >= 11 is 0. The van der Waals surface area contributed by atoms with Crippen LogP contribution in [-0.4, -0.2) is 19.9 Å². The van der Waals surface area contributed by atoms with Gasteiger partial charge in [0.15, 0.2) is 0 Å². The zero-order valence-electron chi connectivity index (χ0n) is 29.3. The molecule has 10 rings (SSSR count). The van der Waals surface area contributed by atoms with Gasteiger partial charge in [0.05, 0.1) is 34.0 Å². The van der Waals surface area contributed by atoms with Gasteiger partial charge in [0, 0.05) is 34.1 Å². The van der Waals surface area contributed by atoms with Crippen molar-refractivity contribution in [2.24, 2.45) is 0 Å². The molecule has 4 nitrogen and oxygen atoms in total. The predicted octanol–water partition coefficient (Wildman–Crippen LogP) is 12.7. The molecule has 0 radical (unpaired) electrons. The number of benzene rings is 6. The zero-order valence-corrected chi connectivity index (χ0v) is 29.3. The Morgan fingerprint density at radius 1 is 0.315 bits per heavy atom. The fraction of sp³-hybridized carbons (Fsp3) is 0. The average molecular weight is 689 g/mol. The van der Waals surface area contributed by atoms with Gasteiger partial charge >= 0.3 is 0 Å². The Morgan fingerprint density at radius 2 is 0.889 bits per heavy atom. The first-order valence-electron chi connectivity index (χ1n) is 18.1. The molecule has 0 saturated carbocycles. The molecule has 252 valence electrons. The topological polar surface area (TPSA) is 51.6 Å². The van der Waals surface area contributed by atoms with Gasteiger partial charge in [0.25, 0.3) is 0 Å². The molecule has 0 unspecified atom stereocenters. The van der Waals surface area contributed by atoms with Crippen molar-refractivity contribution < 1.29 is 0 Å². The number of para-hydroxylation sites is 1. The van der Waals surface area contributed by atoms with E-state index in [1.807, 2.05) is 36.4 Å². The zero-order chi connectivity index (χ0) is 35.8. The normalized spacial score (nSPS) is 11.3. The lowest BCUT2D eigenvalue weighted by Crippen LogP contribution is -1.94. The van der Waals surface area contributed by atoms with Gasteiger partial charge in [0.2, 0.25) is 0 Å². The summed E-state index contributed by atoms with van der Waals surface area (Å²) in [6.45, 7) is 0. The molecule has 4 heteroatoms. The molecule has 0 saturated heterocycles. The van der Waals surface area contributed by atoms with E-state index in [4.69, 9.17) is 9.97 Å². The number of rotatable bonds is 6. The number of fused-ring (bicyclic) bond motifs is 4. The third kappa shape index (κ3) is 5.67. The smallest absolute Gasteiger partial charge is 0.0900 e. The molecule has 0 aliphatic heterocycles. The molecule has 4 aromatic heterocycles. The largest absolute Gasteiger partial charge is 0.255 e. The quantitative estimate of drug-likeness (QED) is 0.163. The van der Waals surface area contributed by atoms with Gasteiger partial charge in [-0.1, -0.05) is 133 Å². The summed E-state index contributed by atoms with van der Waals surface area (Å²) in [5.41, 5.74) is 13.2. The maximum absolute atomic E-state index is 5.29. The van der Waals surface area contributed by atoms with E-state index in [2.05, 4.69) is 156 Å². The van der Waals surface area contributed by atoms with E-state index in [0.29, 0.717) is 0 Å². The summed E-state index contributed by atoms with van der Waals surface area (Å²) < 4.78 is 0. The molecule has 0 aliphatic carbocycles. The van der Waals surface area contributed by atoms with Gasteiger partial charge in [-0.3, -0.25) is 9.97 Å². The number of hydrogen-bond donors (Lipinski definition) is 0. The van der Waals surface area contributed by atoms with Crippen LogP contribution < -0.4 is 0 Å². The second kappa shape index (κ2) is 13.4. The molecular formula is C50H32N4. The summed E-state index contributed by atoms with van der Waals surface area (Å²) in [6.07, 6.45) is 3.60. The summed E-state index contributed by atoms with van der Waals surface area (Å²) in [4.78, 5) is 19.4. The molecular weight excluding hydrogens is 657 g/mol. The first-order chi connectivity index (χ1) is 26.8. The van der Waals surface area contributed by atoms with Gasteiger partial charge in [-0.2, -0.15) is 0 Å². The van der Waals surface area contributed by atoms with Crippen LogP contribution in [0.3, 0.4) is 0 Å². The first-order valence-corrected chi connectivity index (χ1v) is 18.1. The van der Waals surface area contributed by atoms with Crippen molar-refractivity contribution in [1.82, 2.24) is 19.9 Å². The highest BCUT2D eigenvalue weighted by Crippen LogP contribution is 2.41. The van der Waals surface area contributed by atoms with Crippen molar-refractivity contribution in [3.63, 3.8) is 0 Å².